The maximum absolute atomic E-state index is 11.2. The van der Waals surface area contributed by atoms with Crippen molar-refractivity contribution in [1.29, 1.82) is 0 Å². The predicted molar refractivity (Wildman–Crippen MR) is 46.3 cm³/mol. The molecule has 1 fully saturated rings. The molecule has 1 rings (SSSR count). The summed E-state index contributed by atoms with van der Waals surface area (Å²) >= 11 is 0. The van der Waals surface area contributed by atoms with Gasteiger partial charge in [0.25, 0.3) is 0 Å². The Bertz CT molecular complexity index is 225. The van der Waals surface area contributed by atoms with Gasteiger partial charge in [-0.05, 0) is 13.8 Å². The lowest BCUT2D eigenvalue weighted by Crippen LogP contribution is -2.58. The Morgan fingerprint density at radius 2 is 2.38 bits per heavy atom. The number of carbonyl (C=O) groups excluding carboxylic acids is 1. The van der Waals surface area contributed by atoms with Gasteiger partial charge < -0.3 is 10.4 Å². The van der Waals surface area contributed by atoms with Gasteiger partial charge in [-0.1, -0.05) is 0 Å². The maximum atomic E-state index is 11.2. The first kappa shape index (κ1) is 9.98. The molecule has 0 spiro atoms. The van der Waals surface area contributed by atoms with E-state index in [2.05, 4.69) is 5.32 Å². The molecule has 1 amide bonds. The van der Waals surface area contributed by atoms with Crippen LogP contribution in [0, 0.1) is 0 Å². The largest absolute Gasteiger partial charge is 0.480 e. The third-order valence-corrected chi connectivity index (χ3v) is 2.40. The molecule has 0 aromatic carbocycles. The van der Waals surface area contributed by atoms with Crippen LogP contribution in [0.2, 0.25) is 0 Å². The summed E-state index contributed by atoms with van der Waals surface area (Å²) in [5.74, 6) is -0.985. The van der Waals surface area contributed by atoms with Gasteiger partial charge in [0.15, 0.2) is 0 Å². The zero-order valence-corrected chi connectivity index (χ0v) is 7.78. The van der Waals surface area contributed by atoms with Gasteiger partial charge in [-0.2, -0.15) is 0 Å². The first-order valence-corrected chi connectivity index (χ1v) is 4.30. The number of piperazine rings is 1. The molecule has 2 unspecified atom stereocenters. The second-order valence-corrected chi connectivity index (χ2v) is 3.22. The number of hydrogen-bond donors (Lipinski definition) is 2. The Hall–Kier alpha value is -1.10. The van der Waals surface area contributed by atoms with Gasteiger partial charge in [-0.15, -0.1) is 0 Å². The SMILES string of the molecule is CC(C(=O)O)N1CCNC(=O)C1C. The normalized spacial score (nSPS) is 26.6. The van der Waals surface area contributed by atoms with Crippen molar-refractivity contribution in [2.45, 2.75) is 25.9 Å². The molecule has 0 aliphatic carbocycles. The second-order valence-electron chi connectivity index (χ2n) is 3.22. The average molecular weight is 186 g/mol. The summed E-state index contributed by atoms with van der Waals surface area (Å²) in [7, 11) is 0. The van der Waals surface area contributed by atoms with Crippen LogP contribution in [0.4, 0.5) is 0 Å². The Labute approximate surface area is 76.7 Å². The molecular weight excluding hydrogens is 172 g/mol. The Balaban J connectivity index is 2.67. The number of hydrogen-bond acceptors (Lipinski definition) is 3. The monoisotopic (exact) mass is 186 g/mol. The van der Waals surface area contributed by atoms with Crippen LogP contribution in [0.3, 0.4) is 0 Å². The minimum atomic E-state index is -0.887. The Morgan fingerprint density at radius 3 is 2.92 bits per heavy atom. The Morgan fingerprint density at radius 1 is 1.77 bits per heavy atom. The van der Waals surface area contributed by atoms with Crippen molar-refractivity contribution in [1.82, 2.24) is 10.2 Å². The van der Waals surface area contributed by atoms with Crippen LogP contribution in [0.5, 0.6) is 0 Å². The summed E-state index contributed by atoms with van der Waals surface area (Å²) < 4.78 is 0. The van der Waals surface area contributed by atoms with Crippen LogP contribution in [0.25, 0.3) is 0 Å². The van der Waals surface area contributed by atoms with E-state index in [1.54, 1.807) is 18.7 Å². The van der Waals surface area contributed by atoms with E-state index in [9.17, 15) is 9.59 Å². The summed E-state index contributed by atoms with van der Waals surface area (Å²) in [5, 5.41) is 11.4. The first-order valence-electron chi connectivity index (χ1n) is 4.30. The molecule has 13 heavy (non-hydrogen) atoms. The summed E-state index contributed by atoms with van der Waals surface area (Å²) in [6, 6.07) is -0.944. The summed E-state index contributed by atoms with van der Waals surface area (Å²) in [6.45, 7) is 4.44. The van der Waals surface area contributed by atoms with Crippen molar-refractivity contribution < 1.29 is 14.7 Å². The van der Waals surface area contributed by atoms with E-state index in [1.807, 2.05) is 0 Å². The molecule has 0 saturated carbocycles. The summed E-state index contributed by atoms with van der Waals surface area (Å²) in [6.07, 6.45) is 0. The lowest BCUT2D eigenvalue weighted by molar-refractivity contribution is -0.145. The molecule has 1 saturated heterocycles. The molecule has 2 N–H and O–H groups in total. The quantitative estimate of drug-likeness (QED) is 0.597. The molecule has 0 aromatic rings. The highest BCUT2D eigenvalue weighted by Gasteiger charge is 2.31. The fourth-order valence-electron chi connectivity index (χ4n) is 1.47. The molecule has 1 aliphatic heterocycles. The third kappa shape index (κ3) is 1.98. The standard InChI is InChI=1S/C8H14N2O3/c1-5-7(11)9-3-4-10(5)6(2)8(12)13/h5-6H,3-4H2,1-2H3,(H,9,11)(H,12,13). The smallest absolute Gasteiger partial charge is 0.320 e. The van der Waals surface area contributed by atoms with E-state index in [-0.39, 0.29) is 11.9 Å². The van der Waals surface area contributed by atoms with Crippen molar-refractivity contribution >= 4 is 11.9 Å². The number of nitrogens with one attached hydrogen (secondary N) is 1. The molecule has 0 radical (unpaired) electrons. The van der Waals surface area contributed by atoms with Crippen molar-refractivity contribution in [3.63, 3.8) is 0 Å². The molecule has 5 nitrogen and oxygen atoms in total. The van der Waals surface area contributed by atoms with Gasteiger partial charge in [-0.3, -0.25) is 14.5 Å². The number of carboxylic acids is 1. The lowest BCUT2D eigenvalue weighted by atomic mass is 10.1. The fourth-order valence-corrected chi connectivity index (χ4v) is 1.47. The molecule has 2 atom stereocenters. The van der Waals surface area contributed by atoms with Gasteiger partial charge in [0.05, 0.1) is 6.04 Å². The molecule has 5 heteroatoms. The van der Waals surface area contributed by atoms with Crippen LogP contribution in [0.15, 0.2) is 0 Å². The number of carbonyl (C=O) groups is 2. The zero-order valence-electron chi connectivity index (χ0n) is 7.78. The number of amides is 1. The third-order valence-electron chi connectivity index (χ3n) is 2.40. The number of nitrogens with zero attached hydrogens (tertiary/aromatic N) is 1. The molecule has 1 aliphatic rings. The maximum Gasteiger partial charge on any atom is 0.320 e. The number of aliphatic carboxylic acids is 1. The second kappa shape index (κ2) is 3.74. The van der Waals surface area contributed by atoms with Crippen molar-refractivity contribution in [2.75, 3.05) is 13.1 Å². The highest BCUT2D eigenvalue weighted by Crippen LogP contribution is 2.08. The van der Waals surface area contributed by atoms with Crippen molar-refractivity contribution in [2.24, 2.45) is 0 Å². The van der Waals surface area contributed by atoms with E-state index < -0.39 is 12.0 Å². The summed E-state index contributed by atoms with van der Waals surface area (Å²) in [5.41, 5.74) is 0. The van der Waals surface area contributed by atoms with E-state index in [0.717, 1.165) is 0 Å². The van der Waals surface area contributed by atoms with E-state index in [4.69, 9.17) is 5.11 Å². The molecule has 1 heterocycles. The van der Waals surface area contributed by atoms with Gasteiger partial charge in [0.2, 0.25) is 5.91 Å². The molecule has 0 bridgehead atoms. The van der Waals surface area contributed by atoms with E-state index >= 15 is 0 Å². The average Bonchev–Trinajstić information content (AvgIpc) is 2.08. The van der Waals surface area contributed by atoms with Crippen LogP contribution in [-0.2, 0) is 9.59 Å². The van der Waals surface area contributed by atoms with Gasteiger partial charge in [0, 0.05) is 13.1 Å². The van der Waals surface area contributed by atoms with Gasteiger partial charge in [0.1, 0.15) is 6.04 Å². The van der Waals surface area contributed by atoms with Crippen LogP contribution < -0.4 is 5.32 Å². The Kier molecular flexibility index (Phi) is 2.87. The molecule has 0 aromatic heterocycles. The van der Waals surface area contributed by atoms with Crippen LogP contribution >= 0.6 is 0 Å². The highest BCUT2D eigenvalue weighted by atomic mass is 16.4. The van der Waals surface area contributed by atoms with Crippen molar-refractivity contribution in [3.8, 4) is 0 Å². The van der Waals surface area contributed by atoms with Gasteiger partial charge >= 0.3 is 5.97 Å². The summed E-state index contributed by atoms with van der Waals surface area (Å²) in [4.78, 5) is 23.5. The number of carboxylic acid groups (broad SMARTS) is 1. The predicted octanol–water partition coefficient (Wildman–Crippen LogP) is -0.720. The minimum absolute atomic E-state index is 0.0978. The highest BCUT2D eigenvalue weighted by molar-refractivity contribution is 5.83. The van der Waals surface area contributed by atoms with E-state index in [0.29, 0.717) is 13.1 Å². The topological polar surface area (TPSA) is 69.6 Å². The fraction of sp³-hybridized carbons (Fsp3) is 0.750. The minimum Gasteiger partial charge on any atom is -0.480 e. The lowest BCUT2D eigenvalue weighted by Gasteiger charge is -2.35. The molecule has 74 valence electrons. The van der Waals surface area contributed by atoms with Crippen LogP contribution in [0.1, 0.15) is 13.8 Å². The van der Waals surface area contributed by atoms with Gasteiger partial charge in [-0.25, -0.2) is 0 Å². The first-order chi connectivity index (χ1) is 6.04. The van der Waals surface area contributed by atoms with E-state index in [1.165, 1.54) is 0 Å². The number of rotatable bonds is 2. The molecular formula is C8H14N2O3. The van der Waals surface area contributed by atoms with Crippen LogP contribution in [-0.4, -0.2) is 47.1 Å². The van der Waals surface area contributed by atoms with Crippen molar-refractivity contribution in [3.05, 3.63) is 0 Å². The zero-order chi connectivity index (χ0) is 10.0.